The lowest BCUT2D eigenvalue weighted by Crippen LogP contribution is -2.25. The molecule has 1 aliphatic heterocycles. The van der Waals surface area contributed by atoms with Gasteiger partial charge < -0.3 is 9.47 Å². The third kappa shape index (κ3) is 2.95. The molecule has 1 aromatic carbocycles. The molecule has 1 fully saturated rings. The van der Waals surface area contributed by atoms with Gasteiger partial charge in [-0.25, -0.2) is 0 Å². The molecule has 0 bridgehead atoms. The Morgan fingerprint density at radius 1 is 1.40 bits per heavy atom. The molecule has 15 heavy (non-hydrogen) atoms. The Kier molecular flexibility index (Phi) is 3.65. The minimum absolute atomic E-state index is 0.0715. The summed E-state index contributed by atoms with van der Waals surface area (Å²) in [7, 11) is 0. The number of ether oxygens (including phenoxy) is 2. The summed E-state index contributed by atoms with van der Waals surface area (Å²) in [5.74, 6) is 0.868. The zero-order chi connectivity index (χ0) is 10.7. The number of halogens is 1. The van der Waals surface area contributed by atoms with E-state index in [1.54, 1.807) is 0 Å². The Bertz CT molecular complexity index is 332. The van der Waals surface area contributed by atoms with Gasteiger partial charge in [0.05, 0.1) is 11.1 Å². The van der Waals surface area contributed by atoms with Crippen LogP contribution in [0.3, 0.4) is 0 Å². The Labute approximate surface area is 98.7 Å². The van der Waals surface area contributed by atoms with Gasteiger partial charge in [-0.2, -0.15) is 0 Å². The molecule has 1 heterocycles. The lowest BCUT2D eigenvalue weighted by molar-refractivity contribution is -0.106. The molecule has 3 heteroatoms. The zero-order valence-corrected chi connectivity index (χ0v) is 10.4. The van der Waals surface area contributed by atoms with Crippen LogP contribution in [0.1, 0.15) is 24.8 Å². The second-order valence-electron chi connectivity index (χ2n) is 3.85. The lowest BCUT2D eigenvalue weighted by Gasteiger charge is -2.24. The summed E-state index contributed by atoms with van der Waals surface area (Å²) in [4.78, 5) is 0. The fraction of sp³-hybridized carbons (Fsp3) is 0.500. The van der Waals surface area contributed by atoms with Crippen molar-refractivity contribution >= 4 is 15.9 Å². The molecule has 0 radical (unpaired) electrons. The summed E-state index contributed by atoms with van der Waals surface area (Å²) in [6, 6.07) is 6.08. The molecule has 0 unspecified atom stereocenters. The topological polar surface area (TPSA) is 18.5 Å². The molecule has 1 aromatic rings. The summed E-state index contributed by atoms with van der Waals surface area (Å²) in [5, 5.41) is 0. The van der Waals surface area contributed by atoms with Crippen molar-refractivity contribution in [1.82, 2.24) is 0 Å². The van der Waals surface area contributed by atoms with Crippen molar-refractivity contribution in [1.29, 1.82) is 0 Å². The van der Waals surface area contributed by atoms with Crippen molar-refractivity contribution in [2.45, 2.75) is 32.5 Å². The lowest BCUT2D eigenvalue weighted by atomic mass is 10.2. The zero-order valence-electron chi connectivity index (χ0n) is 8.83. The molecule has 0 saturated carbocycles. The van der Waals surface area contributed by atoms with Gasteiger partial charge in [-0.3, -0.25) is 0 Å². The summed E-state index contributed by atoms with van der Waals surface area (Å²) in [6.07, 6.45) is 3.25. The smallest absolute Gasteiger partial charge is 0.199 e. The molecule has 2 rings (SSSR count). The second kappa shape index (κ2) is 4.99. The van der Waals surface area contributed by atoms with E-state index in [9.17, 15) is 0 Å². The van der Waals surface area contributed by atoms with Gasteiger partial charge in [0.1, 0.15) is 5.75 Å². The first-order chi connectivity index (χ1) is 7.25. The maximum atomic E-state index is 5.77. The first-order valence-corrected chi connectivity index (χ1v) is 6.09. The largest absolute Gasteiger partial charge is 0.464 e. The minimum atomic E-state index is -0.0715. The van der Waals surface area contributed by atoms with Gasteiger partial charge in [-0.15, -0.1) is 0 Å². The highest BCUT2D eigenvalue weighted by Crippen LogP contribution is 2.28. The van der Waals surface area contributed by atoms with Crippen LogP contribution in [-0.2, 0) is 4.74 Å². The number of hydrogen-bond donors (Lipinski definition) is 0. The SMILES string of the molecule is Cc1ccc(O[C@@H]2CCCCO2)c(Br)c1. The van der Waals surface area contributed by atoms with Crippen LogP contribution in [0, 0.1) is 6.92 Å². The molecule has 1 atom stereocenters. The van der Waals surface area contributed by atoms with Gasteiger partial charge in [-0.05, 0) is 53.4 Å². The molecule has 1 saturated heterocycles. The van der Waals surface area contributed by atoms with E-state index in [0.29, 0.717) is 0 Å². The van der Waals surface area contributed by atoms with Gasteiger partial charge in [0.2, 0.25) is 0 Å². The van der Waals surface area contributed by atoms with Crippen LogP contribution in [0.2, 0.25) is 0 Å². The van der Waals surface area contributed by atoms with Crippen molar-refractivity contribution in [3.63, 3.8) is 0 Å². The van der Waals surface area contributed by atoms with Crippen LogP contribution in [0.15, 0.2) is 22.7 Å². The fourth-order valence-electron chi connectivity index (χ4n) is 1.65. The number of aryl methyl sites for hydroxylation is 1. The molecule has 1 aliphatic rings. The van der Waals surface area contributed by atoms with E-state index in [4.69, 9.17) is 9.47 Å². The molecule has 82 valence electrons. The molecule has 0 aromatic heterocycles. The predicted octanol–water partition coefficient (Wildman–Crippen LogP) is 3.66. The third-order valence-electron chi connectivity index (χ3n) is 2.48. The van der Waals surface area contributed by atoms with E-state index in [2.05, 4.69) is 28.9 Å². The summed E-state index contributed by atoms with van der Waals surface area (Å²) >= 11 is 3.49. The standard InChI is InChI=1S/C12H15BrO2/c1-9-5-6-11(10(13)8-9)15-12-4-2-3-7-14-12/h5-6,8,12H,2-4,7H2,1H3/t12-/m1/s1. The van der Waals surface area contributed by atoms with E-state index in [-0.39, 0.29) is 6.29 Å². The summed E-state index contributed by atoms with van der Waals surface area (Å²) in [5.41, 5.74) is 1.22. The first kappa shape index (κ1) is 11.0. The second-order valence-corrected chi connectivity index (χ2v) is 4.70. The third-order valence-corrected chi connectivity index (χ3v) is 3.10. The number of rotatable bonds is 2. The van der Waals surface area contributed by atoms with Crippen LogP contribution >= 0.6 is 15.9 Å². The number of benzene rings is 1. The quantitative estimate of drug-likeness (QED) is 0.817. The predicted molar refractivity (Wildman–Crippen MR) is 63.1 cm³/mol. The van der Waals surface area contributed by atoms with Crippen LogP contribution in [0.4, 0.5) is 0 Å². The Morgan fingerprint density at radius 2 is 2.27 bits per heavy atom. The van der Waals surface area contributed by atoms with Crippen molar-refractivity contribution in [3.8, 4) is 5.75 Å². The highest BCUT2D eigenvalue weighted by molar-refractivity contribution is 9.10. The molecule has 2 nitrogen and oxygen atoms in total. The van der Waals surface area contributed by atoms with Gasteiger partial charge in [0, 0.05) is 6.42 Å². The summed E-state index contributed by atoms with van der Waals surface area (Å²) < 4.78 is 12.3. The van der Waals surface area contributed by atoms with E-state index >= 15 is 0 Å². The average molecular weight is 271 g/mol. The van der Waals surface area contributed by atoms with Crippen LogP contribution < -0.4 is 4.74 Å². The van der Waals surface area contributed by atoms with E-state index in [1.165, 1.54) is 12.0 Å². The molecule has 0 spiro atoms. The highest BCUT2D eigenvalue weighted by Gasteiger charge is 2.16. The monoisotopic (exact) mass is 270 g/mol. The fourth-order valence-corrected chi connectivity index (χ4v) is 2.23. The Hall–Kier alpha value is -0.540. The molecular formula is C12H15BrO2. The van der Waals surface area contributed by atoms with Gasteiger partial charge >= 0.3 is 0 Å². The maximum Gasteiger partial charge on any atom is 0.199 e. The molecular weight excluding hydrogens is 256 g/mol. The van der Waals surface area contributed by atoms with Gasteiger partial charge in [0.25, 0.3) is 0 Å². The van der Waals surface area contributed by atoms with E-state index in [1.807, 2.05) is 12.1 Å². The van der Waals surface area contributed by atoms with Crippen LogP contribution in [0.5, 0.6) is 5.75 Å². The molecule has 0 amide bonds. The molecule has 0 N–H and O–H groups in total. The van der Waals surface area contributed by atoms with Crippen molar-refractivity contribution in [2.24, 2.45) is 0 Å². The van der Waals surface area contributed by atoms with E-state index < -0.39 is 0 Å². The van der Waals surface area contributed by atoms with Crippen molar-refractivity contribution in [3.05, 3.63) is 28.2 Å². The van der Waals surface area contributed by atoms with E-state index in [0.717, 1.165) is 29.7 Å². The first-order valence-electron chi connectivity index (χ1n) is 5.30. The average Bonchev–Trinajstić information content (AvgIpc) is 2.24. The van der Waals surface area contributed by atoms with Gasteiger partial charge in [0.15, 0.2) is 6.29 Å². The maximum absolute atomic E-state index is 5.77. The van der Waals surface area contributed by atoms with Gasteiger partial charge in [-0.1, -0.05) is 6.07 Å². The van der Waals surface area contributed by atoms with Crippen LogP contribution in [0.25, 0.3) is 0 Å². The molecule has 0 aliphatic carbocycles. The Balaban J connectivity index is 2.03. The summed E-state index contributed by atoms with van der Waals surface area (Å²) in [6.45, 7) is 2.87. The van der Waals surface area contributed by atoms with Crippen LogP contribution in [-0.4, -0.2) is 12.9 Å². The normalized spacial score (nSPS) is 21.3. The Morgan fingerprint density at radius 3 is 2.93 bits per heavy atom. The number of hydrogen-bond acceptors (Lipinski definition) is 2. The minimum Gasteiger partial charge on any atom is -0.464 e. The van der Waals surface area contributed by atoms with Crippen molar-refractivity contribution in [2.75, 3.05) is 6.61 Å². The van der Waals surface area contributed by atoms with Crippen molar-refractivity contribution < 1.29 is 9.47 Å². The highest BCUT2D eigenvalue weighted by atomic mass is 79.9.